The first-order valence-corrected chi connectivity index (χ1v) is 26.2. The Labute approximate surface area is 348 Å². The van der Waals surface area contributed by atoms with E-state index in [1.165, 1.54) is 21.5 Å². The minimum Gasteiger partial charge on any atom is -0.494 e. The molecule has 308 valence electrons. The highest BCUT2D eigenvalue weighted by Crippen LogP contribution is 2.58. The average Bonchev–Trinajstić information content (AvgIpc) is 3.25. The smallest absolute Gasteiger partial charge is 0.494 e. The summed E-state index contributed by atoms with van der Waals surface area (Å²) >= 11 is 0. The Morgan fingerprint density at radius 2 is 0.897 bits per heavy atom. The Balaban J connectivity index is 1.36. The Kier molecular flexibility index (Phi) is 18.0. The molecule has 0 amide bonds. The van der Waals surface area contributed by atoms with Crippen LogP contribution in [-0.2, 0) is 32.7 Å². The van der Waals surface area contributed by atoms with E-state index in [2.05, 4.69) is 119 Å². The lowest BCUT2D eigenvalue weighted by Crippen LogP contribution is -2.56. The molecule has 0 radical (unpaired) electrons. The third-order valence-corrected chi connectivity index (χ3v) is 20.1. The first-order valence-electron chi connectivity index (χ1n) is 20.6. The van der Waals surface area contributed by atoms with Crippen LogP contribution in [0.1, 0.15) is 53.5 Å². The summed E-state index contributed by atoms with van der Waals surface area (Å²) in [5, 5.41) is 14.0. The normalized spacial score (nSPS) is 12.3. The molecule has 0 unspecified atom stereocenters. The molecule has 9 nitrogen and oxygen atoms in total. The molecular formula is C46H60N2O7PSi2+. The molecule has 5 aromatic rings. The highest BCUT2D eigenvalue weighted by molar-refractivity contribution is 7.95. The third-order valence-electron chi connectivity index (χ3n) is 9.52. The van der Waals surface area contributed by atoms with Crippen LogP contribution in [0.5, 0.6) is 5.75 Å². The van der Waals surface area contributed by atoms with Gasteiger partial charge < -0.3 is 31.3 Å². The van der Waals surface area contributed by atoms with E-state index in [4.69, 9.17) is 31.3 Å². The molecule has 58 heavy (non-hydrogen) atoms. The van der Waals surface area contributed by atoms with Crippen molar-refractivity contribution >= 4 is 57.3 Å². The van der Waals surface area contributed by atoms with Gasteiger partial charge in [-0.25, -0.2) is 0 Å². The van der Waals surface area contributed by atoms with Gasteiger partial charge in [0, 0.05) is 50.9 Å². The number of benzene rings is 5. The molecule has 0 saturated carbocycles. The van der Waals surface area contributed by atoms with Crippen molar-refractivity contribution < 1.29 is 31.3 Å². The van der Waals surface area contributed by atoms with Gasteiger partial charge in [-0.1, -0.05) is 60.7 Å². The largest absolute Gasteiger partial charge is 0.537 e. The van der Waals surface area contributed by atoms with Crippen LogP contribution in [-0.4, -0.2) is 63.9 Å². The van der Waals surface area contributed by atoms with Gasteiger partial charge in [0.1, 0.15) is 28.9 Å². The zero-order valence-electron chi connectivity index (χ0n) is 35.0. The molecule has 0 spiro atoms. The molecule has 0 aromatic heterocycles. The van der Waals surface area contributed by atoms with Gasteiger partial charge in [-0.2, -0.15) is 10.2 Å². The van der Waals surface area contributed by atoms with Crippen molar-refractivity contribution in [2.45, 2.75) is 60.2 Å². The first kappa shape index (κ1) is 45.2. The van der Waals surface area contributed by atoms with Crippen molar-refractivity contribution in [3.8, 4) is 5.75 Å². The van der Waals surface area contributed by atoms with Crippen molar-refractivity contribution in [3.63, 3.8) is 0 Å². The van der Waals surface area contributed by atoms with Crippen molar-refractivity contribution in [2.75, 3.05) is 46.2 Å². The molecule has 0 saturated heterocycles. The minimum atomic E-state index is -3.03. The van der Waals surface area contributed by atoms with E-state index in [0.717, 1.165) is 34.9 Å². The van der Waals surface area contributed by atoms with E-state index in [-0.39, 0.29) is 0 Å². The van der Waals surface area contributed by atoms with E-state index in [1.807, 2.05) is 65.8 Å². The molecule has 0 atom stereocenters. The van der Waals surface area contributed by atoms with Crippen molar-refractivity contribution in [2.24, 2.45) is 10.2 Å². The average molecular weight is 840 g/mol. The van der Waals surface area contributed by atoms with E-state index in [9.17, 15) is 0 Å². The maximum atomic E-state index is 6.23. The predicted octanol–water partition coefficient (Wildman–Crippen LogP) is 9.67. The fourth-order valence-corrected chi connectivity index (χ4v) is 16.4. The second kappa shape index (κ2) is 23.1. The number of azo groups is 1. The van der Waals surface area contributed by atoms with E-state index in [0.29, 0.717) is 52.3 Å². The van der Waals surface area contributed by atoms with E-state index < -0.39 is 24.9 Å². The lowest BCUT2D eigenvalue weighted by Gasteiger charge is -2.29. The summed E-state index contributed by atoms with van der Waals surface area (Å²) in [6.07, 6.45) is 1.60. The summed E-state index contributed by atoms with van der Waals surface area (Å²) in [4.78, 5) is 0. The van der Waals surface area contributed by atoms with Gasteiger partial charge in [0.2, 0.25) is 0 Å². The molecule has 5 aromatic carbocycles. The molecule has 5 rings (SSSR count). The van der Waals surface area contributed by atoms with Gasteiger partial charge in [-0.05, 0) is 126 Å². The summed E-state index contributed by atoms with van der Waals surface area (Å²) in [7, 11) is -7.91. The van der Waals surface area contributed by atoms with Crippen molar-refractivity contribution in [1.82, 2.24) is 0 Å². The summed E-state index contributed by atoms with van der Waals surface area (Å²) in [5.41, 5.74) is 2.75. The quantitative estimate of drug-likeness (QED) is 0.0250. The van der Waals surface area contributed by atoms with Gasteiger partial charge >= 0.3 is 17.6 Å². The van der Waals surface area contributed by atoms with E-state index in [1.54, 1.807) is 0 Å². The number of hydrogen-bond donors (Lipinski definition) is 0. The van der Waals surface area contributed by atoms with Gasteiger partial charge in [0.05, 0.1) is 24.1 Å². The Morgan fingerprint density at radius 3 is 1.34 bits per heavy atom. The molecule has 0 aliphatic rings. The third kappa shape index (κ3) is 11.7. The van der Waals surface area contributed by atoms with Crippen molar-refractivity contribution in [3.05, 3.63) is 139 Å². The fourth-order valence-electron chi connectivity index (χ4n) is 7.10. The molecule has 0 bridgehead atoms. The second-order valence-electron chi connectivity index (χ2n) is 13.3. The summed E-state index contributed by atoms with van der Waals surface area (Å²) in [5.74, 6) is 0.774. The topological polar surface area (TPSA) is 89.3 Å². The van der Waals surface area contributed by atoms with Crippen LogP contribution in [0.4, 0.5) is 11.4 Å². The summed E-state index contributed by atoms with van der Waals surface area (Å²) < 4.78 is 42.6. The van der Waals surface area contributed by atoms with Crippen LogP contribution < -0.4 is 25.8 Å². The standard InChI is InChI=1S/C46H60N2O7PSi2/c1-7-50-57(51-8-2,52-9-3)37-19-36-49-42-30-26-40(27-31-42)47-48-41-28-32-45(33-29-41)56(43-20-15-13-16-21-43,44-22-17-14-18-23-44)38-39-24-34-46(35-25-39)58(53-10-4,54-11-5)55-12-6/h13-18,20-35H,7-12,19,36-38H2,1-6H3/q+1. The SMILES string of the molecule is CCO[Si](CCCOc1ccc(N=Nc2ccc([P+](Cc3ccc([Si](OCC)(OCC)OCC)cc3)(c3ccccc3)c3ccccc3)cc2)cc1)(OCC)OCC. The van der Waals surface area contributed by atoms with Gasteiger partial charge in [-0.3, -0.25) is 0 Å². The monoisotopic (exact) mass is 839 g/mol. The van der Waals surface area contributed by atoms with Crippen LogP contribution in [0.2, 0.25) is 6.04 Å². The van der Waals surface area contributed by atoms with Crippen LogP contribution in [0.15, 0.2) is 144 Å². The second-order valence-corrected chi connectivity index (χ2v) is 22.1. The van der Waals surface area contributed by atoms with Crippen molar-refractivity contribution in [1.29, 1.82) is 0 Å². The molecule has 0 fully saturated rings. The number of hydrogen-bond acceptors (Lipinski definition) is 9. The molecular weight excluding hydrogens is 780 g/mol. The molecule has 0 aliphatic carbocycles. The summed E-state index contributed by atoms with van der Waals surface area (Å²) in [6, 6.07) is 47.5. The Hall–Kier alpha value is -3.88. The highest BCUT2D eigenvalue weighted by Gasteiger charge is 2.47. The zero-order chi connectivity index (χ0) is 41.1. The van der Waals surface area contributed by atoms with Crippen LogP contribution in [0, 0.1) is 0 Å². The summed E-state index contributed by atoms with van der Waals surface area (Å²) in [6.45, 7) is 15.7. The van der Waals surface area contributed by atoms with Gasteiger partial charge in [0.25, 0.3) is 0 Å². The van der Waals surface area contributed by atoms with Crippen LogP contribution in [0.25, 0.3) is 0 Å². The first-order chi connectivity index (χ1) is 28.4. The van der Waals surface area contributed by atoms with Gasteiger partial charge in [0.15, 0.2) is 0 Å². The van der Waals surface area contributed by atoms with Crippen LogP contribution in [0.3, 0.4) is 0 Å². The highest BCUT2D eigenvalue weighted by atomic mass is 31.2. The zero-order valence-corrected chi connectivity index (χ0v) is 37.9. The molecule has 0 aliphatic heterocycles. The van der Waals surface area contributed by atoms with E-state index >= 15 is 0 Å². The maximum absolute atomic E-state index is 6.23. The molecule has 12 heteroatoms. The molecule has 0 N–H and O–H groups in total. The molecule has 0 heterocycles. The predicted molar refractivity (Wildman–Crippen MR) is 242 cm³/mol. The lowest BCUT2D eigenvalue weighted by atomic mass is 10.2. The Bertz CT molecular complexity index is 1860. The maximum Gasteiger partial charge on any atom is 0.537 e. The number of ether oxygens (including phenoxy) is 1. The number of nitrogens with zero attached hydrogens (tertiary/aromatic N) is 2. The Morgan fingerprint density at radius 1 is 0.466 bits per heavy atom. The number of rotatable bonds is 25. The van der Waals surface area contributed by atoms with Crippen LogP contribution >= 0.6 is 7.26 Å². The van der Waals surface area contributed by atoms with Gasteiger partial charge in [-0.15, -0.1) is 0 Å². The minimum absolute atomic E-state index is 0.519. The lowest BCUT2D eigenvalue weighted by molar-refractivity contribution is 0.0696. The fraction of sp³-hybridized carbons (Fsp3) is 0.348.